The molecule has 0 atom stereocenters. The smallest absolute Gasteiger partial charge is 0.254 e. The minimum absolute atomic E-state index is 0.0888. The van der Waals surface area contributed by atoms with Crippen LogP contribution in [0.3, 0.4) is 0 Å². The SMILES string of the molecule is CN(C)CCCN(Cc1ccc(Cl)c(Cl)c1)C(=O)c1ccnc(Cl)c1. The van der Waals surface area contributed by atoms with Gasteiger partial charge in [0.2, 0.25) is 0 Å². The van der Waals surface area contributed by atoms with Gasteiger partial charge in [-0.15, -0.1) is 0 Å². The van der Waals surface area contributed by atoms with Gasteiger partial charge in [-0.25, -0.2) is 4.98 Å². The Hall–Kier alpha value is -1.33. The first kappa shape index (κ1) is 20.0. The quantitative estimate of drug-likeness (QED) is 0.635. The van der Waals surface area contributed by atoms with Crippen LogP contribution >= 0.6 is 34.8 Å². The highest BCUT2D eigenvalue weighted by Gasteiger charge is 2.17. The van der Waals surface area contributed by atoms with Gasteiger partial charge < -0.3 is 9.80 Å². The van der Waals surface area contributed by atoms with Crippen molar-refractivity contribution in [1.82, 2.24) is 14.8 Å². The molecule has 0 aliphatic rings. The third-order valence-corrected chi connectivity index (χ3v) is 4.60. The number of rotatable bonds is 7. The molecule has 0 spiro atoms. The number of amides is 1. The molecule has 7 heteroatoms. The molecule has 2 rings (SSSR count). The Morgan fingerprint density at radius 2 is 1.80 bits per heavy atom. The van der Waals surface area contributed by atoms with Crippen LogP contribution in [0.4, 0.5) is 0 Å². The first-order valence-electron chi connectivity index (χ1n) is 7.86. The van der Waals surface area contributed by atoms with Crippen LogP contribution in [0.1, 0.15) is 22.3 Å². The first-order chi connectivity index (χ1) is 11.9. The van der Waals surface area contributed by atoms with Gasteiger partial charge in [0.25, 0.3) is 5.91 Å². The molecule has 1 aromatic carbocycles. The van der Waals surface area contributed by atoms with Crippen LogP contribution in [-0.2, 0) is 6.54 Å². The Balaban J connectivity index is 2.19. The Kier molecular flexibility index (Phi) is 7.51. The van der Waals surface area contributed by atoms with Gasteiger partial charge in [0.05, 0.1) is 10.0 Å². The predicted octanol–water partition coefficient (Wildman–Crippen LogP) is 4.64. The molecule has 0 aliphatic heterocycles. The van der Waals surface area contributed by atoms with E-state index in [1.807, 2.05) is 20.2 Å². The number of nitrogens with zero attached hydrogens (tertiary/aromatic N) is 3. The van der Waals surface area contributed by atoms with Crippen LogP contribution in [0, 0.1) is 0 Å². The van der Waals surface area contributed by atoms with Gasteiger partial charge in [0, 0.05) is 24.8 Å². The number of aromatic nitrogens is 1. The van der Waals surface area contributed by atoms with Gasteiger partial charge >= 0.3 is 0 Å². The van der Waals surface area contributed by atoms with Crippen molar-refractivity contribution in [3.63, 3.8) is 0 Å². The van der Waals surface area contributed by atoms with Crippen molar-refractivity contribution in [3.05, 3.63) is 62.9 Å². The molecule has 134 valence electrons. The van der Waals surface area contributed by atoms with Crippen LogP contribution < -0.4 is 0 Å². The summed E-state index contributed by atoms with van der Waals surface area (Å²) < 4.78 is 0. The van der Waals surface area contributed by atoms with E-state index >= 15 is 0 Å². The van der Waals surface area contributed by atoms with Crippen molar-refractivity contribution >= 4 is 40.7 Å². The van der Waals surface area contributed by atoms with E-state index in [2.05, 4.69) is 9.88 Å². The number of carbonyl (C=O) groups excluding carboxylic acids is 1. The molecule has 0 saturated heterocycles. The number of hydrogen-bond donors (Lipinski definition) is 0. The largest absolute Gasteiger partial charge is 0.334 e. The summed E-state index contributed by atoms with van der Waals surface area (Å²) in [5.41, 5.74) is 1.44. The summed E-state index contributed by atoms with van der Waals surface area (Å²) in [5, 5.41) is 1.28. The lowest BCUT2D eigenvalue weighted by atomic mass is 10.1. The van der Waals surface area contributed by atoms with Crippen LogP contribution in [-0.4, -0.2) is 47.9 Å². The van der Waals surface area contributed by atoms with Crippen LogP contribution in [0.2, 0.25) is 15.2 Å². The molecule has 0 saturated carbocycles. The van der Waals surface area contributed by atoms with E-state index in [1.165, 1.54) is 6.20 Å². The van der Waals surface area contributed by atoms with E-state index in [1.54, 1.807) is 29.2 Å². The molecule has 1 heterocycles. The Bertz CT molecular complexity index is 737. The van der Waals surface area contributed by atoms with E-state index in [-0.39, 0.29) is 5.91 Å². The highest BCUT2D eigenvalue weighted by Crippen LogP contribution is 2.24. The molecule has 2 aromatic rings. The van der Waals surface area contributed by atoms with Gasteiger partial charge in [0.15, 0.2) is 0 Å². The summed E-state index contributed by atoms with van der Waals surface area (Å²) >= 11 is 18.0. The summed E-state index contributed by atoms with van der Waals surface area (Å²) in [4.78, 5) is 20.7. The minimum atomic E-state index is -0.0888. The molecule has 0 fully saturated rings. The number of hydrogen-bond acceptors (Lipinski definition) is 3. The fourth-order valence-electron chi connectivity index (χ4n) is 2.41. The van der Waals surface area contributed by atoms with Gasteiger partial charge in [-0.3, -0.25) is 4.79 Å². The second kappa shape index (κ2) is 9.39. The average Bonchev–Trinajstić information content (AvgIpc) is 2.56. The lowest BCUT2D eigenvalue weighted by Gasteiger charge is -2.24. The second-order valence-electron chi connectivity index (χ2n) is 6.00. The van der Waals surface area contributed by atoms with Crippen LogP contribution in [0.5, 0.6) is 0 Å². The molecule has 1 aromatic heterocycles. The van der Waals surface area contributed by atoms with Crippen LogP contribution in [0.25, 0.3) is 0 Å². The van der Waals surface area contributed by atoms with E-state index in [4.69, 9.17) is 34.8 Å². The van der Waals surface area contributed by atoms with Gasteiger partial charge in [-0.05, 0) is 56.9 Å². The molecule has 0 aliphatic carbocycles. The maximum absolute atomic E-state index is 12.9. The molecular weight excluding hydrogens is 381 g/mol. The standard InChI is InChI=1S/C18H20Cl3N3O/c1-23(2)8-3-9-24(12-13-4-5-15(19)16(20)10-13)18(25)14-6-7-22-17(21)11-14/h4-7,10-11H,3,8-9,12H2,1-2H3. The third kappa shape index (κ3) is 6.15. The molecule has 0 radical (unpaired) electrons. The normalized spacial score (nSPS) is 11.0. The highest BCUT2D eigenvalue weighted by molar-refractivity contribution is 6.42. The monoisotopic (exact) mass is 399 g/mol. The topological polar surface area (TPSA) is 36.4 Å². The zero-order valence-corrected chi connectivity index (χ0v) is 16.4. The second-order valence-corrected chi connectivity index (χ2v) is 7.20. The molecule has 25 heavy (non-hydrogen) atoms. The molecule has 0 N–H and O–H groups in total. The third-order valence-electron chi connectivity index (χ3n) is 3.65. The van der Waals surface area contributed by atoms with E-state index in [0.29, 0.717) is 33.9 Å². The molecule has 0 unspecified atom stereocenters. The van der Waals surface area contributed by atoms with Crippen molar-refractivity contribution < 1.29 is 4.79 Å². The molecule has 1 amide bonds. The average molecular weight is 401 g/mol. The van der Waals surface area contributed by atoms with Gasteiger partial charge in [0.1, 0.15) is 5.15 Å². The Morgan fingerprint density at radius 3 is 2.44 bits per heavy atom. The summed E-state index contributed by atoms with van der Waals surface area (Å²) in [5.74, 6) is -0.0888. The summed E-state index contributed by atoms with van der Waals surface area (Å²) in [7, 11) is 4.02. The summed E-state index contributed by atoms with van der Waals surface area (Å²) in [6.07, 6.45) is 2.39. The van der Waals surface area contributed by atoms with Gasteiger partial charge in [-0.2, -0.15) is 0 Å². The van der Waals surface area contributed by atoms with Crippen molar-refractivity contribution in [2.75, 3.05) is 27.2 Å². The van der Waals surface area contributed by atoms with Crippen molar-refractivity contribution in [2.45, 2.75) is 13.0 Å². The molecule has 4 nitrogen and oxygen atoms in total. The number of carbonyl (C=O) groups is 1. The van der Waals surface area contributed by atoms with Crippen molar-refractivity contribution in [3.8, 4) is 0 Å². The number of halogens is 3. The maximum atomic E-state index is 12.9. The lowest BCUT2D eigenvalue weighted by molar-refractivity contribution is 0.0737. The molecule has 0 bridgehead atoms. The van der Waals surface area contributed by atoms with Crippen molar-refractivity contribution in [1.29, 1.82) is 0 Å². The van der Waals surface area contributed by atoms with Crippen LogP contribution in [0.15, 0.2) is 36.5 Å². The predicted molar refractivity (Wildman–Crippen MR) is 104 cm³/mol. The van der Waals surface area contributed by atoms with E-state index < -0.39 is 0 Å². The van der Waals surface area contributed by atoms with Crippen molar-refractivity contribution in [2.24, 2.45) is 0 Å². The first-order valence-corrected chi connectivity index (χ1v) is 8.99. The Labute approximate surface area is 163 Å². The fraction of sp³-hybridized carbons (Fsp3) is 0.333. The lowest BCUT2D eigenvalue weighted by Crippen LogP contribution is -2.33. The van der Waals surface area contributed by atoms with Gasteiger partial charge in [-0.1, -0.05) is 40.9 Å². The fourth-order valence-corrected chi connectivity index (χ4v) is 2.90. The zero-order chi connectivity index (χ0) is 18.4. The maximum Gasteiger partial charge on any atom is 0.254 e. The Morgan fingerprint density at radius 1 is 1.04 bits per heavy atom. The van der Waals surface area contributed by atoms with E-state index in [0.717, 1.165) is 18.5 Å². The summed E-state index contributed by atoms with van der Waals surface area (Å²) in [6.45, 7) is 1.96. The number of benzene rings is 1. The van der Waals surface area contributed by atoms with E-state index in [9.17, 15) is 4.79 Å². The zero-order valence-electron chi connectivity index (χ0n) is 14.2. The molecular formula is C18H20Cl3N3O. The summed E-state index contributed by atoms with van der Waals surface area (Å²) in [6, 6.07) is 8.65. The number of pyridine rings is 1. The minimum Gasteiger partial charge on any atom is -0.334 e. The highest BCUT2D eigenvalue weighted by atomic mass is 35.5.